The predicted molar refractivity (Wildman–Crippen MR) is 139 cm³/mol. The van der Waals surface area contributed by atoms with E-state index in [9.17, 15) is 33.0 Å². The molecule has 6 atom stereocenters. The fraction of sp³-hybridized carbons (Fsp3) is 0.458. The number of nitrogens with zero attached hydrogens (tertiary/aromatic N) is 1. The van der Waals surface area contributed by atoms with E-state index in [4.69, 9.17) is 5.14 Å². The van der Waals surface area contributed by atoms with E-state index in [0.717, 1.165) is 5.56 Å². The van der Waals surface area contributed by atoms with Crippen LogP contribution in [0.25, 0.3) is 10.9 Å². The van der Waals surface area contributed by atoms with Gasteiger partial charge in [-0.2, -0.15) is 0 Å². The summed E-state index contributed by atoms with van der Waals surface area (Å²) in [6.45, 7) is 4.14. The van der Waals surface area contributed by atoms with Gasteiger partial charge in [-0.05, 0) is 25.0 Å². The van der Waals surface area contributed by atoms with E-state index >= 15 is 0 Å². The average molecular weight is 564 g/mol. The number of hydrogen-bond acceptors (Lipinski definition) is 8. The highest BCUT2D eigenvalue weighted by atomic mass is 32.2. The second kappa shape index (κ2) is 9.68. The van der Waals surface area contributed by atoms with Crippen LogP contribution < -0.4 is 15.8 Å². The summed E-state index contributed by atoms with van der Waals surface area (Å²) in [4.78, 5) is 42.2. The zero-order valence-corrected chi connectivity index (χ0v) is 22.3. The van der Waals surface area contributed by atoms with Gasteiger partial charge < -0.3 is 30.7 Å². The Morgan fingerprint density at radius 3 is 2.74 bits per heavy atom. The Labute approximate surface area is 223 Å². The summed E-state index contributed by atoms with van der Waals surface area (Å²) < 4.78 is 23.4. The lowest BCUT2D eigenvalue weighted by Gasteiger charge is -2.46. The molecule has 0 spiro atoms. The lowest BCUT2D eigenvalue weighted by molar-refractivity contribution is -0.163. The molecule has 4 heterocycles. The van der Waals surface area contributed by atoms with E-state index in [0.29, 0.717) is 28.8 Å². The van der Waals surface area contributed by atoms with Gasteiger partial charge in [0.25, 0.3) is 0 Å². The molecule has 0 aliphatic carbocycles. The summed E-state index contributed by atoms with van der Waals surface area (Å²) in [6.07, 6.45) is 0.952. The minimum absolute atomic E-state index is 0.00935. The molecule has 0 saturated carbocycles. The zero-order chi connectivity index (χ0) is 27.5. The van der Waals surface area contributed by atoms with Crippen molar-refractivity contribution in [1.29, 1.82) is 0 Å². The number of hydrogen-bond donors (Lipinski definition) is 6. The number of fused-ring (bicyclic) bond motifs is 2. The van der Waals surface area contributed by atoms with Crippen molar-refractivity contribution in [2.75, 3.05) is 6.54 Å². The van der Waals surface area contributed by atoms with Gasteiger partial charge in [-0.15, -0.1) is 11.8 Å². The third-order valence-electron chi connectivity index (χ3n) is 7.49. The smallest absolute Gasteiger partial charge is 0.353 e. The number of carboxylic acid groups (broad SMARTS) is 1. The summed E-state index contributed by atoms with van der Waals surface area (Å²) in [5.74, 6) is -2.59. The van der Waals surface area contributed by atoms with Gasteiger partial charge in [0.2, 0.25) is 21.8 Å². The van der Waals surface area contributed by atoms with Crippen molar-refractivity contribution in [1.82, 2.24) is 20.5 Å². The molecular formula is C24H29N5O7S2. The van der Waals surface area contributed by atoms with E-state index < -0.39 is 34.1 Å². The molecule has 2 aromatic rings. The van der Waals surface area contributed by atoms with Gasteiger partial charge in [-0.1, -0.05) is 19.1 Å². The Hall–Kier alpha value is -2.91. The maximum absolute atomic E-state index is 12.8. The molecule has 2 fully saturated rings. The number of nitrogens with two attached hydrogens (primary N) is 1. The van der Waals surface area contributed by atoms with Crippen LogP contribution in [0.15, 0.2) is 39.9 Å². The van der Waals surface area contributed by atoms with Crippen molar-refractivity contribution in [2.24, 2.45) is 17.0 Å². The number of β-lactam (4-membered cyclic amide) rings is 1. The molecule has 3 aliphatic heterocycles. The number of carboxylic acids is 1. The molecule has 1 aromatic heterocycles. The quantitative estimate of drug-likeness (QED) is 0.241. The van der Waals surface area contributed by atoms with E-state index in [-0.39, 0.29) is 46.2 Å². The van der Waals surface area contributed by atoms with Crippen molar-refractivity contribution >= 4 is 50.5 Å². The van der Waals surface area contributed by atoms with E-state index in [1.165, 1.54) is 22.9 Å². The maximum Gasteiger partial charge on any atom is 0.353 e. The van der Waals surface area contributed by atoms with Crippen LogP contribution in [0.1, 0.15) is 25.8 Å². The first kappa shape index (κ1) is 26.7. The number of rotatable bonds is 8. The molecular weight excluding hydrogens is 534 g/mol. The molecule has 2 amide bonds. The normalized spacial score (nSPS) is 27.9. The second-order valence-electron chi connectivity index (χ2n) is 10.0. The molecule has 0 radical (unpaired) electrons. The average Bonchev–Trinajstić information content (AvgIpc) is 3.53. The number of aromatic amines is 1. The van der Waals surface area contributed by atoms with Crippen LogP contribution in [-0.2, 0) is 31.0 Å². The van der Waals surface area contributed by atoms with Crippen LogP contribution in [0.2, 0.25) is 0 Å². The van der Waals surface area contributed by atoms with Crippen LogP contribution >= 0.6 is 11.8 Å². The molecule has 38 heavy (non-hydrogen) atoms. The van der Waals surface area contributed by atoms with Gasteiger partial charge in [0.15, 0.2) is 0 Å². The Morgan fingerprint density at radius 2 is 2.08 bits per heavy atom. The lowest BCUT2D eigenvalue weighted by Crippen LogP contribution is -2.63. The molecule has 7 N–H and O–H groups in total. The number of H-pyrrole nitrogens is 1. The highest BCUT2D eigenvalue weighted by Gasteiger charge is 2.60. The number of thioether (sulfide) groups is 1. The molecule has 0 unspecified atom stereocenters. The van der Waals surface area contributed by atoms with Gasteiger partial charge in [-0.25, -0.2) is 18.4 Å². The molecule has 0 bridgehead atoms. The zero-order valence-electron chi connectivity index (χ0n) is 20.7. The van der Waals surface area contributed by atoms with Crippen molar-refractivity contribution in [3.05, 3.63) is 40.6 Å². The summed E-state index contributed by atoms with van der Waals surface area (Å²) in [7, 11) is -3.85. The van der Waals surface area contributed by atoms with Gasteiger partial charge in [0.1, 0.15) is 10.6 Å². The topological polar surface area (TPSA) is 195 Å². The minimum atomic E-state index is -3.85. The van der Waals surface area contributed by atoms with Gasteiger partial charge >= 0.3 is 5.97 Å². The lowest BCUT2D eigenvalue weighted by atomic mass is 9.79. The fourth-order valence-electron chi connectivity index (χ4n) is 5.66. The van der Waals surface area contributed by atoms with Crippen LogP contribution in [0.3, 0.4) is 0 Å². The standard InChI is InChI=1S/C24H29N5O7S2/c1-10-19-18(11(2)30)23(32)29(19)20(24(33)34)21(10)37-13-6-16(26-8-13)22(31)28-7-12-3-4-14-15(5-12)27-9-17(14)38(25,35)36/h3-5,9-11,13,16,18-19,26-27,30H,6-8H2,1-2H3,(H,28,31)(H,33,34)(H2,25,35,36)/t10-,11-,13+,16+,18-,19-/m1/s1. The molecule has 2 saturated heterocycles. The largest absolute Gasteiger partial charge is 0.477 e. The summed E-state index contributed by atoms with van der Waals surface area (Å²) in [6, 6.07) is 4.27. The molecule has 1 aromatic carbocycles. The number of sulfonamides is 1. The number of primary sulfonamides is 1. The number of aromatic nitrogens is 1. The number of aliphatic carboxylic acids is 1. The van der Waals surface area contributed by atoms with Gasteiger partial charge in [0, 0.05) is 46.3 Å². The maximum atomic E-state index is 12.8. The first-order valence-electron chi connectivity index (χ1n) is 12.2. The summed E-state index contributed by atoms with van der Waals surface area (Å²) >= 11 is 1.38. The van der Waals surface area contributed by atoms with Crippen molar-refractivity contribution in [3.63, 3.8) is 0 Å². The Morgan fingerprint density at radius 1 is 1.34 bits per heavy atom. The number of nitrogens with one attached hydrogen (secondary N) is 3. The summed E-state index contributed by atoms with van der Waals surface area (Å²) in [5.41, 5.74) is 1.34. The van der Waals surface area contributed by atoms with E-state index in [1.807, 2.05) is 6.92 Å². The van der Waals surface area contributed by atoms with E-state index in [1.54, 1.807) is 25.1 Å². The Kier molecular flexibility index (Phi) is 6.80. The first-order valence-corrected chi connectivity index (χ1v) is 14.6. The summed E-state index contributed by atoms with van der Waals surface area (Å²) in [5, 5.41) is 31.5. The van der Waals surface area contributed by atoms with Crippen LogP contribution in [0.5, 0.6) is 0 Å². The van der Waals surface area contributed by atoms with Crippen molar-refractivity contribution in [2.45, 2.75) is 55.1 Å². The molecule has 12 nitrogen and oxygen atoms in total. The molecule has 14 heteroatoms. The third kappa shape index (κ3) is 4.49. The first-order chi connectivity index (χ1) is 17.9. The van der Waals surface area contributed by atoms with Crippen molar-refractivity contribution < 1.29 is 33.0 Å². The third-order valence-corrected chi connectivity index (χ3v) is 9.96. The predicted octanol–water partition coefficient (Wildman–Crippen LogP) is 0.0489. The van der Waals surface area contributed by atoms with E-state index in [2.05, 4.69) is 15.6 Å². The molecule has 3 aliphatic rings. The van der Waals surface area contributed by atoms with Crippen LogP contribution in [-0.4, -0.2) is 76.3 Å². The number of amides is 2. The SMILES string of the molecule is C[C@@H](O)[C@H]1C(=O)N2C(C(=O)O)=C(S[C@@H]3CN[C@H](C(=O)NCc4ccc5c(S(N)(=O)=O)c[nH]c5c4)C3)[C@H](C)[C@H]12. The number of carbonyl (C=O) groups is 3. The van der Waals surface area contributed by atoms with Gasteiger partial charge in [-0.3, -0.25) is 9.59 Å². The second-order valence-corrected chi connectivity index (χ2v) is 12.9. The van der Waals surface area contributed by atoms with Crippen molar-refractivity contribution in [3.8, 4) is 0 Å². The minimum Gasteiger partial charge on any atom is -0.477 e. The Bertz CT molecular complexity index is 1470. The van der Waals surface area contributed by atoms with Crippen LogP contribution in [0.4, 0.5) is 0 Å². The Balaban J connectivity index is 1.21. The monoisotopic (exact) mass is 563 g/mol. The fourth-order valence-corrected chi connectivity index (χ4v) is 7.84. The van der Waals surface area contributed by atoms with Crippen LogP contribution in [0, 0.1) is 11.8 Å². The number of aliphatic hydroxyl groups excluding tert-OH is 1. The highest BCUT2D eigenvalue weighted by Crippen LogP contribution is 2.51. The number of benzene rings is 1. The number of aliphatic hydroxyl groups is 1. The molecule has 5 rings (SSSR count). The van der Waals surface area contributed by atoms with Gasteiger partial charge in [0.05, 0.1) is 24.1 Å². The highest BCUT2D eigenvalue weighted by molar-refractivity contribution is 8.03. The molecule has 204 valence electrons. The number of carbonyl (C=O) groups excluding carboxylic acids is 2.